The molecule has 1 atom stereocenters. The molecule has 0 spiro atoms. The lowest BCUT2D eigenvalue weighted by Crippen LogP contribution is -2.18. The molecule has 0 aromatic rings. The van der Waals surface area contributed by atoms with E-state index in [4.69, 9.17) is 15.0 Å². The zero-order valence-electron chi connectivity index (χ0n) is 10.1. The lowest BCUT2D eigenvalue weighted by Gasteiger charge is -2.16. The van der Waals surface area contributed by atoms with Crippen molar-refractivity contribution in [1.82, 2.24) is 0 Å². The molecule has 5 heteroatoms. The molecular formula is C12H18N2O3. The summed E-state index contributed by atoms with van der Waals surface area (Å²) in [6, 6.07) is 0. The smallest absolute Gasteiger partial charge is 0.413 e. The third kappa shape index (κ3) is 5.88. The molecule has 0 aromatic heterocycles. The number of nitrogens with zero attached hydrogens (tertiary/aromatic N) is 2. The molecule has 0 saturated carbocycles. The first-order valence-corrected chi connectivity index (χ1v) is 5.92. The van der Waals surface area contributed by atoms with Crippen LogP contribution in [0.3, 0.4) is 0 Å². The number of hydrogen-bond donors (Lipinski definition) is 0. The Bertz CT molecular complexity index is 333. The minimum atomic E-state index is -0.642. The van der Waals surface area contributed by atoms with Crippen LogP contribution in [0.25, 0.3) is 5.53 Å². The molecule has 94 valence electrons. The van der Waals surface area contributed by atoms with E-state index in [0.717, 1.165) is 24.8 Å². The Morgan fingerprint density at radius 3 is 3.12 bits per heavy atom. The van der Waals surface area contributed by atoms with Gasteiger partial charge >= 0.3 is 12.2 Å². The van der Waals surface area contributed by atoms with E-state index in [9.17, 15) is 4.79 Å². The average molecular weight is 238 g/mol. The Labute approximate surface area is 101 Å². The van der Waals surface area contributed by atoms with E-state index >= 15 is 0 Å². The van der Waals surface area contributed by atoms with Crippen molar-refractivity contribution in [2.24, 2.45) is 0 Å². The second kappa shape index (κ2) is 7.63. The summed E-state index contributed by atoms with van der Waals surface area (Å²) in [6.07, 6.45) is 7.76. The first-order valence-electron chi connectivity index (χ1n) is 5.92. The van der Waals surface area contributed by atoms with E-state index in [2.05, 4.69) is 10.9 Å². The predicted molar refractivity (Wildman–Crippen MR) is 62.4 cm³/mol. The first kappa shape index (κ1) is 13.5. The second-order valence-corrected chi connectivity index (χ2v) is 4.05. The minimum Gasteiger partial charge on any atom is -0.498 e. The van der Waals surface area contributed by atoms with Gasteiger partial charge in [-0.25, -0.2) is 4.79 Å². The molecule has 0 heterocycles. The summed E-state index contributed by atoms with van der Waals surface area (Å²) in [7, 11) is 0. The molecule has 0 N–H and O–H groups in total. The van der Waals surface area contributed by atoms with Crippen molar-refractivity contribution in [2.45, 2.75) is 45.1 Å². The number of carbonyl (C=O) groups is 1. The van der Waals surface area contributed by atoms with Gasteiger partial charge in [0.25, 0.3) is 0 Å². The van der Waals surface area contributed by atoms with Crippen molar-refractivity contribution < 1.29 is 19.1 Å². The fourth-order valence-corrected chi connectivity index (χ4v) is 1.63. The quantitative estimate of drug-likeness (QED) is 0.308. The molecule has 17 heavy (non-hydrogen) atoms. The molecule has 0 amide bonds. The number of allylic oxidation sites excluding steroid dienone is 2. The van der Waals surface area contributed by atoms with E-state index in [0.29, 0.717) is 13.0 Å². The van der Waals surface area contributed by atoms with Crippen LogP contribution in [-0.2, 0) is 14.3 Å². The van der Waals surface area contributed by atoms with Crippen LogP contribution in [0, 0.1) is 0 Å². The summed E-state index contributed by atoms with van der Waals surface area (Å²) in [6.45, 7) is 2.32. The number of ether oxygens (including phenoxy) is 2. The standard InChI is InChI=1S/C12H18N2O3/c1-10(17-12(15)9-14-13)7-8-16-11-5-3-2-4-6-11/h5,9-10H,2-4,6-8H2,1H3/t10-/m1/s1. The zero-order chi connectivity index (χ0) is 12.5. The Morgan fingerprint density at radius 2 is 2.47 bits per heavy atom. The Morgan fingerprint density at radius 1 is 1.65 bits per heavy atom. The second-order valence-electron chi connectivity index (χ2n) is 4.05. The molecule has 0 aromatic carbocycles. The maximum Gasteiger partial charge on any atom is 0.413 e. The fourth-order valence-electron chi connectivity index (χ4n) is 1.63. The molecule has 1 rings (SSSR count). The third-order valence-corrected chi connectivity index (χ3v) is 2.54. The van der Waals surface area contributed by atoms with Crippen molar-refractivity contribution in [2.75, 3.05) is 6.61 Å². The van der Waals surface area contributed by atoms with Crippen LogP contribution in [0.4, 0.5) is 0 Å². The van der Waals surface area contributed by atoms with Crippen molar-refractivity contribution in [3.63, 3.8) is 0 Å². The van der Waals surface area contributed by atoms with Crippen molar-refractivity contribution in [3.8, 4) is 0 Å². The van der Waals surface area contributed by atoms with Crippen LogP contribution in [0.15, 0.2) is 11.8 Å². The van der Waals surface area contributed by atoms with Gasteiger partial charge in [-0.3, -0.25) is 0 Å². The van der Waals surface area contributed by atoms with Gasteiger partial charge in [-0.05, 0) is 32.3 Å². The highest BCUT2D eigenvalue weighted by atomic mass is 16.5. The molecule has 0 aliphatic heterocycles. The van der Waals surface area contributed by atoms with Gasteiger partial charge in [-0.2, -0.15) is 4.79 Å². The van der Waals surface area contributed by atoms with Gasteiger partial charge in [0.2, 0.25) is 0 Å². The molecule has 0 radical (unpaired) electrons. The number of esters is 1. The number of hydrogen-bond acceptors (Lipinski definition) is 3. The maximum absolute atomic E-state index is 10.9. The Balaban J connectivity index is 2.15. The van der Waals surface area contributed by atoms with Crippen LogP contribution in [0.1, 0.15) is 39.0 Å². The topological polar surface area (TPSA) is 71.9 Å². The predicted octanol–water partition coefficient (Wildman–Crippen LogP) is 2.08. The lowest BCUT2D eigenvalue weighted by molar-refractivity contribution is -0.143. The average Bonchev–Trinajstić information content (AvgIpc) is 2.30. The Kier molecular flexibility index (Phi) is 6.04. The van der Waals surface area contributed by atoms with E-state index in [1.807, 2.05) is 0 Å². The number of rotatable bonds is 6. The molecule has 1 aliphatic carbocycles. The molecular weight excluding hydrogens is 220 g/mol. The van der Waals surface area contributed by atoms with Crippen LogP contribution in [-0.4, -0.2) is 29.7 Å². The highest BCUT2D eigenvalue weighted by molar-refractivity contribution is 6.20. The summed E-state index contributed by atoms with van der Waals surface area (Å²) in [5.41, 5.74) is 8.13. The highest BCUT2D eigenvalue weighted by Gasteiger charge is 2.11. The molecule has 5 nitrogen and oxygen atoms in total. The molecule has 0 saturated heterocycles. The Hall–Kier alpha value is -1.61. The largest absolute Gasteiger partial charge is 0.498 e. The summed E-state index contributed by atoms with van der Waals surface area (Å²) >= 11 is 0. The monoisotopic (exact) mass is 238 g/mol. The van der Waals surface area contributed by atoms with Crippen molar-refractivity contribution in [1.29, 1.82) is 0 Å². The first-order chi connectivity index (χ1) is 8.22. The summed E-state index contributed by atoms with van der Waals surface area (Å²) in [5, 5.41) is 0. The summed E-state index contributed by atoms with van der Waals surface area (Å²) < 4.78 is 10.5. The van der Waals surface area contributed by atoms with E-state index < -0.39 is 5.97 Å². The summed E-state index contributed by atoms with van der Waals surface area (Å²) in [5.74, 6) is 0.406. The van der Waals surface area contributed by atoms with Gasteiger partial charge in [0.15, 0.2) is 0 Å². The van der Waals surface area contributed by atoms with Gasteiger partial charge in [0, 0.05) is 12.8 Å². The van der Waals surface area contributed by atoms with E-state index in [1.54, 1.807) is 6.92 Å². The maximum atomic E-state index is 10.9. The van der Waals surface area contributed by atoms with Crippen molar-refractivity contribution >= 4 is 12.2 Å². The van der Waals surface area contributed by atoms with Crippen molar-refractivity contribution in [3.05, 3.63) is 17.4 Å². The van der Waals surface area contributed by atoms with Crippen LogP contribution in [0.2, 0.25) is 0 Å². The van der Waals surface area contributed by atoms with Gasteiger partial charge in [0.05, 0.1) is 12.4 Å². The van der Waals surface area contributed by atoms with E-state index in [1.165, 1.54) is 12.8 Å². The lowest BCUT2D eigenvalue weighted by atomic mass is 10.1. The van der Waals surface area contributed by atoms with Crippen LogP contribution >= 0.6 is 0 Å². The molecule has 0 unspecified atom stereocenters. The van der Waals surface area contributed by atoms with Gasteiger partial charge < -0.3 is 15.0 Å². The van der Waals surface area contributed by atoms with Gasteiger partial charge in [-0.1, -0.05) is 0 Å². The van der Waals surface area contributed by atoms with Gasteiger partial charge in [-0.15, -0.1) is 0 Å². The minimum absolute atomic E-state index is 0.246. The SMILES string of the molecule is C[C@H](CCOC1=CCCCC1)OC(=O)C=[N+]=[N-]. The van der Waals surface area contributed by atoms with Gasteiger partial charge in [0.1, 0.15) is 6.10 Å². The van der Waals surface area contributed by atoms with Crippen LogP contribution in [0.5, 0.6) is 0 Å². The fraction of sp³-hybridized carbons (Fsp3) is 0.667. The number of carbonyl (C=O) groups excluding carboxylic acids is 1. The third-order valence-electron chi connectivity index (χ3n) is 2.54. The van der Waals surface area contributed by atoms with E-state index in [-0.39, 0.29) is 6.10 Å². The summed E-state index contributed by atoms with van der Waals surface area (Å²) in [4.78, 5) is 13.5. The molecule has 0 fully saturated rings. The highest BCUT2D eigenvalue weighted by Crippen LogP contribution is 2.18. The molecule has 0 bridgehead atoms. The molecule has 1 aliphatic rings. The normalized spacial score (nSPS) is 16.4. The van der Waals surface area contributed by atoms with Crippen LogP contribution < -0.4 is 0 Å². The zero-order valence-corrected chi connectivity index (χ0v) is 10.1.